The number of fused-ring (bicyclic) bond motifs is 12. The van der Waals surface area contributed by atoms with Gasteiger partial charge in [0.05, 0.1) is 22.2 Å². The predicted octanol–water partition coefficient (Wildman–Crippen LogP) is 15.7. The minimum absolute atomic E-state index is 0.555. The van der Waals surface area contributed by atoms with Crippen LogP contribution in [0.5, 0.6) is 11.5 Å². The van der Waals surface area contributed by atoms with E-state index in [-0.39, 0.29) is 0 Å². The lowest BCUT2D eigenvalue weighted by atomic mass is 9.66. The summed E-state index contributed by atoms with van der Waals surface area (Å²) in [5, 5.41) is 0. The highest BCUT2D eigenvalue weighted by Crippen LogP contribution is 2.65. The molecule has 1 spiro atoms. The SMILES string of the molecule is c1ccc(-c2ccc(N(c3cccc4c3Oc3ccccc3C43c4ccccc4-c4ccccc43)c3cccc4c3-c3ccccc3C4(c3ccccc3)c3ccccc3)cc2)cc1. The first kappa shape index (κ1) is 36.5. The molecule has 1 heterocycles. The molecule has 0 fully saturated rings. The predicted molar refractivity (Wildman–Crippen MR) is 261 cm³/mol. The molecular formula is C62H41NO. The zero-order valence-electron chi connectivity index (χ0n) is 35.0. The summed E-state index contributed by atoms with van der Waals surface area (Å²) < 4.78 is 7.37. The molecule has 0 saturated heterocycles. The van der Waals surface area contributed by atoms with Gasteiger partial charge in [-0.15, -0.1) is 0 Å². The zero-order valence-corrected chi connectivity index (χ0v) is 35.0. The molecule has 64 heavy (non-hydrogen) atoms. The van der Waals surface area contributed by atoms with Gasteiger partial charge in [0, 0.05) is 22.4 Å². The Morgan fingerprint density at radius 1 is 0.297 bits per heavy atom. The summed E-state index contributed by atoms with van der Waals surface area (Å²) in [7, 11) is 0. The van der Waals surface area contributed by atoms with Gasteiger partial charge < -0.3 is 9.64 Å². The van der Waals surface area contributed by atoms with Gasteiger partial charge in [0.1, 0.15) is 5.75 Å². The van der Waals surface area contributed by atoms with E-state index in [2.05, 4.69) is 254 Å². The summed E-state index contributed by atoms with van der Waals surface area (Å²) in [5.74, 6) is 1.71. The van der Waals surface area contributed by atoms with Gasteiger partial charge in [0.25, 0.3) is 0 Å². The summed E-state index contributed by atoms with van der Waals surface area (Å²) in [4.78, 5) is 2.46. The van der Waals surface area contributed by atoms with E-state index in [1.165, 1.54) is 66.8 Å². The second-order valence-electron chi connectivity index (χ2n) is 17.1. The number of ether oxygens (including phenoxy) is 1. The molecule has 300 valence electrons. The summed E-state index contributed by atoms with van der Waals surface area (Å²) in [6.07, 6.45) is 0. The average Bonchev–Trinajstić information content (AvgIpc) is 3.84. The van der Waals surface area contributed by atoms with Crippen LogP contribution in [0.15, 0.2) is 249 Å². The smallest absolute Gasteiger partial charge is 0.156 e. The van der Waals surface area contributed by atoms with Crippen molar-refractivity contribution in [1.29, 1.82) is 0 Å². The highest BCUT2D eigenvalue weighted by atomic mass is 16.5. The van der Waals surface area contributed by atoms with Crippen molar-refractivity contribution in [2.75, 3.05) is 4.90 Å². The normalized spacial score (nSPS) is 14.0. The van der Waals surface area contributed by atoms with E-state index in [4.69, 9.17) is 4.74 Å². The molecule has 13 rings (SSSR count). The zero-order chi connectivity index (χ0) is 42.2. The van der Waals surface area contributed by atoms with Crippen LogP contribution in [-0.4, -0.2) is 0 Å². The van der Waals surface area contributed by atoms with Gasteiger partial charge in [-0.1, -0.05) is 218 Å². The van der Waals surface area contributed by atoms with E-state index in [0.29, 0.717) is 0 Å². The van der Waals surface area contributed by atoms with Crippen LogP contribution >= 0.6 is 0 Å². The van der Waals surface area contributed by atoms with E-state index in [1.54, 1.807) is 0 Å². The standard InChI is InChI=1S/C62H41NO/c1-4-20-42(21-5-1)43-38-40-46(41-39-43)63(56-35-18-33-54-59(56)49-28-12-15-31-52(49)61(54,44-22-6-2-7-23-44)45-24-8-3-9-25-45)57-36-19-34-55-60(57)64-58-37-17-16-32-53(58)62(55)50-29-13-10-26-47(50)48-27-11-14-30-51(48)62/h1-41H. The van der Waals surface area contributed by atoms with Crippen molar-refractivity contribution < 1.29 is 4.74 Å². The molecule has 0 aromatic heterocycles. The lowest BCUT2D eigenvalue weighted by Crippen LogP contribution is -2.32. The van der Waals surface area contributed by atoms with Gasteiger partial charge in [-0.25, -0.2) is 0 Å². The fourth-order valence-corrected chi connectivity index (χ4v) is 11.5. The van der Waals surface area contributed by atoms with Crippen LogP contribution in [0.2, 0.25) is 0 Å². The van der Waals surface area contributed by atoms with Crippen molar-refractivity contribution in [3.05, 3.63) is 293 Å². The first-order chi connectivity index (χ1) is 31.8. The van der Waals surface area contributed by atoms with Crippen LogP contribution in [-0.2, 0) is 10.8 Å². The van der Waals surface area contributed by atoms with Crippen LogP contribution in [0.3, 0.4) is 0 Å². The molecular weight excluding hydrogens is 775 g/mol. The molecule has 2 nitrogen and oxygen atoms in total. The molecule has 3 aliphatic rings. The third kappa shape index (κ3) is 4.97. The number of rotatable bonds is 6. The minimum Gasteiger partial charge on any atom is -0.454 e. The molecule has 0 atom stereocenters. The number of nitrogens with zero attached hydrogens (tertiary/aromatic N) is 1. The maximum absolute atomic E-state index is 7.37. The maximum atomic E-state index is 7.37. The fraction of sp³-hybridized carbons (Fsp3) is 0.0323. The number of hydrogen-bond donors (Lipinski definition) is 0. The molecule has 10 aromatic carbocycles. The van der Waals surface area contributed by atoms with Gasteiger partial charge in [-0.3, -0.25) is 0 Å². The quantitative estimate of drug-likeness (QED) is 0.166. The van der Waals surface area contributed by atoms with E-state index in [1.807, 2.05) is 0 Å². The van der Waals surface area contributed by atoms with Crippen molar-refractivity contribution >= 4 is 17.1 Å². The minimum atomic E-state index is -0.600. The Labute approximate surface area is 374 Å². The molecule has 1 aliphatic heterocycles. The second kappa shape index (κ2) is 14.2. The van der Waals surface area contributed by atoms with Gasteiger partial charge in [0.15, 0.2) is 5.75 Å². The molecule has 0 saturated carbocycles. The molecule has 0 amide bonds. The number of para-hydroxylation sites is 2. The Morgan fingerprint density at radius 2 is 0.750 bits per heavy atom. The molecule has 2 heteroatoms. The van der Waals surface area contributed by atoms with E-state index in [9.17, 15) is 0 Å². The summed E-state index contributed by atoms with van der Waals surface area (Å²) in [6, 6.07) is 91.1. The number of hydrogen-bond acceptors (Lipinski definition) is 2. The second-order valence-corrected chi connectivity index (χ2v) is 17.1. The van der Waals surface area contributed by atoms with E-state index >= 15 is 0 Å². The Hall–Kier alpha value is -8.20. The Balaban J connectivity index is 1.12. The molecule has 0 unspecified atom stereocenters. The topological polar surface area (TPSA) is 12.5 Å². The van der Waals surface area contributed by atoms with Gasteiger partial charge in [-0.05, 0) is 91.5 Å². The molecule has 0 bridgehead atoms. The monoisotopic (exact) mass is 815 g/mol. The van der Waals surface area contributed by atoms with Crippen molar-refractivity contribution in [2.24, 2.45) is 0 Å². The van der Waals surface area contributed by atoms with Gasteiger partial charge in [-0.2, -0.15) is 0 Å². The average molecular weight is 816 g/mol. The highest BCUT2D eigenvalue weighted by molar-refractivity contribution is 5.99. The van der Waals surface area contributed by atoms with Crippen molar-refractivity contribution in [3.8, 4) is 44.9 Å². The summed E-state index contributed by atoms with van der Waals surface area (Å²) in [5.41, 5.74) is 19.1. The van der Waals surface area contributed by atoms with Crippen LogP contribution in [0, 0.1) is 0 Å². The van der Waals surface area contributed by atoms with Gasteiger partial charge >= 0.3 is 0 Å². The third-order valence-electron chi connectivity index (χ3n) is 14.0. The summed E-state index contributed by atoms with van der Waals surface area (Å²) in [6.45, 7) is 0. The molecule has 0 radical (unpaired) electrons. The molecule has 0 N–H and O–H groups in total. The Bertz CT molecular complexity index is 3320. The van der Waals surface area contributed by atoms with Crippen LogP contribution < -0.4 is 9.64 Å². The highest BCUT2D eigenvalue weighted by Gasteiger charge is 2.52. The largest absolute Gasteiger partial charge is 0.454 e. The van der Waals surface area contributed by atoms with Crippen molar-refractivity contribution in [1.82, 2.24) is 0 Å². The molecule has 10 aromatic rings. The fourth-order valence-electron chi connectivity index (χ4n) is 11.5. The lowest BCUT2D eigenvalue weighted by Gasteiger charge is -2.41. The molecule has 2 aliphatic carbocycles. The lowest BCUT2D eigenvalue weighted by molar-refractivity contribution is 0.437. The van der Waals surface area contributed by atoms with Crippen LogP contribution in [0.4, 0.5) is 17.1 Å². The van der Waals surface area contributed by atoms with Crippen molar-refractivity contribution in [2.45, 2.75) is 10.8 Å². The number of anilines is 3. The van der Waals surface area contributed by atoms with Crippen LogP contribution in [0.1, 0.15) is 44.5 Å². The number of benzene rings is 10. The van der Waals surface area contributed by atoms with Gasteiger partial charge in [0.2, 0.25) is 0 Å². The first-order valence-corrected chi connectivity index (χ1v) is 22.2. The van der Waals surface area contributed by atoms with Crippen molar-refractivity contribution in [3.63, 3.8) is 0 Å². The Morgan fingerprint density at radius 3 is 1.38 bits per heavy atom. The maximum Gasteiger partial charge on any atom is 0.156 e. The third-order valence-corrected chi connectivity index (χ3v) is 14.0. The Kier molecular flexibility index (Phi) is 8.07. The summed E-state index contributed by atoms with van der Waals surface area (Å²) >= 11 is 0. The first-order valence-electron chi connectivity index (χ1n) is 22.2. The van der Waals surface area contributed by atoms with Crippen LogP contribution in [0.25, 0.3) is 33.4 Å². The van der Waals surface area contributed by atoms with E-state index in [0.717, 1.165) is 39.7 Å². The van der Waals surface area contributed by atoms with E-state index < -0.39 is 10.8 Å².